The van der Waals surface area contributed by atoms with Gasteiger partial charge in [0, 0.05) is 11.3 Å². The molecule has 0 unspecified atom stereocenters. The molecule has 2 heterocycles. The molecule has 0 aliphatic heterocycles. The first-order valence-corrected chi connectivity index (χ1v) is 6.40. The molecule has 20 heavy (non-hydrogen) atoms. The minimum absolute atomic E-state index is 0.0826. The Kier molecular flexibility index (Phi) is 3.02. The van der Waals surface area contributed by atoms with Gasteiger partial charge in [0.2, 0.25) is 5.89 Å². The van der Waals surface area contributed by atoms with Gasteiger partial charge in [-0.2, -0.15) is 23.3 Å². The van der Waals surface area contributed by atoms with Crippen LogP contribution < -0.4 is 0 Å². The van der Waals surface area contributed by atoms with Crippen LogP contribution in [-0.4, -0.2) is 19.9 Å². The van der Waals surface area contributed by atoms with Crippen LogP contribution in [0, 0.1) is 6.92 Å². The number of hydrogen-bond acceptors (Lipinski definition) is 4. The van der Waals surface area contributed by atoms with Crippen LogP contribution >= 0.6 is 0 Å². The highest BCUT2D eigenvalue weighted by Crippen LogP contribution is 2.35. The molecule has 1 aliphatic rings. The van der Waals surface area contributed by atoms with Gasteiger partial charge in [0.05, 0.1) is 0 Å². The van der Waals surface area contributed by atoms with E-state index in [0.717, 1.165) is 12.8 Å². The van der Waals surface area contributed by atoms with Gasteiger partial charge >= 0.3 is 6.18 Å². The van der Waals surface area contributed by atoms with Gasteiger partial charge in [-0.05, 0) is 32.6 Å². The Morgan fingerprint density at radius 3 is 2.65 bits per heavy atom. The molecule has 2 aromatic heterocycles. The average molecular weight is 286 g/mol. The Balaban J connectivity index is 2.00. The fraction of sp³-hybridized carbons (Fsp3) is 0.583. The number of halogens is 3. The Morgan fingerprint density at radius 2 is 2.00 bits per heavy atom. The number of aromatic nitrogens is 4. The smallest absolute Gasteiger partial charge is 0.337 e. The largest absolute Gasteiger partial charge is 0.435 e. The van der Waals surface area contributed by atoms with Crippen LogP contribution in [0.2, 0.25) is 0 Å². The molecule has 0 fully saturated rings. The van der Waals surface area contributed by atoms with Crippen LogP contribution in [0.5, 0.6) is 0 Å². The lowest BCUT2D eigenvalue weighted by Gasteiger charge is -2.14. The van der Waals surface area contributed by atoms with E-state index in [1.807, 2.05) is 0 Å². The van der Waals surface area contributed by atoms with E-state index < -0.39 is 11.9 Å². The molecule has 0 aromatic carbocycles. The van der Waals surface area contributed by atoms with Crippen molar-refractivity contribution in [3.05, 3.63) is 28.7 Å². The first-order valence-electron chi connectivity index (χ1n) is 6.40. The SMILES string of the molecule is Cc1noc(Cn2nc(C(F)(F)F)c3c2CCCC3)n1. The molecule has 0 saturated heterocycles. The highest BCUT2D eigenvalue weighted by Gasteiger charge is 2.39. The van der Waals surface area contributed by atoms with Gasteiger partial charge in [-0.15, -0.1) is 0 Å². The van der Waals surface area contributed by atoms with Gasteiger partial charge in [-0.1, -0.05) is 5.16 Å². The van der Waals surface area contributed by atoms with E-state index in [-0.39, 0.29) is 12.4 Å². The second-order valence-corrected chi connectivity index (χ2v) is 4.87. The number of nitrogens with zero attached hydrogens (tertiary/aromatic N) is 4. The maximum Gasteiger partial charge on any atom is 0.435 e. The van der Waals surface area contributed by atoms with Crippen LogP contribution in [0.15, 0.2) is 4.52 Å². The van der Waals surface area contributed by atoms with Gasteiger partial charge < -0.3 is 4.52 Å². The van der Waals surface area contributed by atoms with Crippen LogP contribution in [0.4, 0.5) is 13.2 Å². The molecular weight excluding hydrogens is 273 g/mol. The van der Waals surface area contributed by atoms with Crippen LogP contribution in [-0.2, 0) is 25.6 Å². The summed E-state index contributed by atoms with van der Waals surface area (Å²) in [6.45, 7) is 1.74. The summed E-state index contributed by atoms with van der Waals surface area (Å²) in [7, 11) is 0. The minimum atomic E-state index is -4.42. The molecule has 1 aliphatic carbocycles. The Bertz CT molecular complexity index is 629. The third kappa shape index (κ3) is 2.30. The summed E-state index contributed by atoms with van der Waals surface area (Å²) in [4.78, 5) is 4.01. The molecule has 0 N–H and O–H groups in total. The predicted molar refractivity (Wildman–Crippen MR) is 62.0 cm³/mol. The highest BCUT2D eigenvalue weighted by atomic mass is 19.4. The lowest BCUT2D eigenvalue weighted by Crippen LogP contribution is -2.11. The molecule has 0 atom stereocenters. The van der Waals surface area contributed by atoms with Gasteiger partial charge in [0.1, 0.15) is 6.54 Å². The molecule has 0 bridgehead atoms. The topological polar surface area (TPSA) is 56.7 Å². The van der Waals surface area contributed by atoms with Crippen LogP contribution in [0.3, 0.4) is 0 Å². The zero-order chi connectivity index (χ0) is 14.3. The number of fused-ring (bicyclic) bond motifs is 1. The van der Waals surface area contributed by atoms with E-state index in [4.69, 9.17) is 4.52 Å². The number of aryl methyl sites for hydroxylation is 1. The zero-order valence-corrected chi connectivity index (χ0v) is 10.9. The molecule has 0 saturated carbocycles. The molecule has 108 valence electrons. The van der Waals surface area contributed by atoms with Crippen molar-refractivity contribution in [2.45, 2.75) is 45.3 Å². The summed E-state index contributed by atoms with van der Waals surface area (Å²) < 4.78 is 45.3. The summed E-state index contributed by atoms with van der Waals surface area (Å²) in [5.41, 5.74) is 0.183. The van der Waals surface area contributed by atoms with Crippen molar-refractivity contribution in [2.24, 2.45) is 0 Å². The predicted octanol–water partition coefficient (Wildman–Crippen LogP) is 2.52. The third-order valence-electron chi connectivity index (χ3n) is 3.38. The van der Waals surface area contributed by atoms with E-state index in [9.17, 15) is 13.2 Å². The second-order valence-electron chi connectivity index (χ2n) is 4.87. The summed E-state index contributed by atoms with van der Waals surface area (Å²) >= 11 is 0. The van der Waals surface area contributed by atoms with Crippen molar-refractivity contribution in [1.82, 2.24) is 19.9 Å². The molecule has 0 spiro atoms. The van der Waals surface area contributed by atoms with E-state index >= 15 is 0 Å². The standard InChI is InChI=1S/C12H13F3N4O/c1-7-16-10(20-18-7)6-19-9-5-3-2-4-8(9)11(17-19)12(13,14)15/h2-6H2,1H3. The van der Waals surface area contributed by atoms with Crippen molar-refractivity contribution in [3.63, 3.8) is 0 Å². The van der Waals surface area contributed by atoms with Crippen molar-refractivity contribution >= 4 is 0 Å². The second kappa shape index (κ2) is 4.60. The van der Waals surface area contributed by atoms with Gasteiger partial charge in [0.25, 0.3) is 0 Å². The van der Waals surface area contributed by atoms with E-state index in [0.29, 0.717) is 29.9 Å². The zero-order valence-electron chi connectivity index (χ0n) is 10.9. The number of rotatable bonds is 2. The molecule has 3 rings (SSSR count). The number of alkyl halides is 3. The van der Waals surface area contributed by atoms with Crippen molar-refractivity contribution < 1.29 is 17.7 Å². The Morgan fingerprint density at radius 1 is 1.25 bits per heavy atom. The number of hydrogen-bond donors (Lipinski definition) is 0. The lowest BCUT2D eigenvalue weighted by molar-refractivity contribution is -0.142. The first-order chi connectivity index (χ1) is 9.45. The van der Waals surface area contributed by atoms with Crippen molar-refractivity contribution in [2.75, 3.05) is 0 Å². The third-order valence-corrected chi connectivity index (χ3v) is 3.38. The van der Waals surface area contributed by atoms with E-state index in [1.54, 1.807) is 6.92 Å². The van der Waals surface area contributed by atoms with Crippen LogP contribution in [0.25, 0.3) is 0 Å². The Labute approximate surface area is 112 Å². The maximum absolute atomic E-state index is 13.0. The molecule has 0 amide bonds. The highest BCUT2D eigenvalue weighted by molar-refractivity contribution is 5.31. The molecule has 5 nitrogen and oxygen atoms in total. The summed E-state index contributed by atoms with van der Waals surface area (Å²) in [6.07, 6.45) is -1.75. The molecular formula is C12H13F3N4O. The summed E-state index contributed by atoms with van der Waals surface area (Å²) in [5.74, 6) is 0.726. The summed E-state index contributed by atoms with van der Waals surface area (Å²) in [6, 6.07) is 0. The summed E-state index contributed by atoms with van der Waals surface area (Å²) in [5, 5.41) is 7.36. The average Bonchev–Trinajstić information content (AvgIpc) is 2.94. The van der Waals surface area contributed by atoms with Crippen LogP contribution in [0.1, 0.15) is 41.5 Å². The van der Waals surface area contributed by atoms with Gasteiger partial charge in [-0.25, -0.2) is 0 Å². The molecule has 8 heteroatoms. The fourth-order valence-corrected chi connectivity index (χ4v) is 2.56. The maximum atomic E-state index is 13.0. The van der Waals surface area contributed by atoms with E-state index in [2.05, 4.69) is 15.2 Å². The lowest BCUT2D eigenvalue weighted by atomic mass is 9.95. The van der Waals surface area contributed by atoms with Crippen molar-refractivity contribution in [1.29, 1.82) is 0 Å². The monoisotopic (exact) mass is 286 g/mol. The quantitative estimate of drug-likeness (QED) is 0.851. The molecule has 0 radical (unpaired) electrons. The van der Waals surface area contributed by atoms with Gasteiger partial charge in [0.15, 0.2) is 11.5 Å². The van der Waals surface area contributed by atoms with Gasteiger partial charge in [-0.3, -0.25) is 4.68 Å². The molecule has 2 aromatic rings. The van der Waals surface area contributed by atoms with E-state index in [1.165, 1.54) is 4.68 Å². The van der Waals surface area contributed by atoms with Crippen molar-refractivity contribution in [3.8, 4) is 0 Å². The fourth-order valence-electron chi connectivity index (χ4n) is 2.56. The first kappa shape index (κ1) is 13.1. The minimum Gasteiger partial charge on any atom is -0.337 e. The Hall–Kier alpha value is -1.86. The normalized spacial score (nSPS) is 15.4.